The van der Waals surface area contributed by atoms with Gasteiger partial charge in [0, 0.05) is 0 Å². The van der Waals surface area contributed by atoms with Crippen LogP contribution in [0.3, 0.4) is 0 Å². The number of hydrogen-bond donors (Lipinski definition) is 1. The second kappa shape index (κ2) is 6.53. The Balaban J connectivity index is 2.00. The van der Waals surface area contributed by atoms with Crippen molar-refractivity contribution in [2.75, 3.05) is 13.2 Å². The zero-order chi connectivity index (χ0) is 13.7. The maximum Gasteiger partial charge on any atom is 0.137 e. The lowest BCUT2D eigenvalue weighted by Crippen LogP contribution is -2.30. The zero-order valence-electron chi connectivity index (χ0n) is 10.9. The standard InChI is InChI=1S/C15H19FN2O/c16-14-5-6-15(13(7-14)9-18)19-10-12-4-2-1-3-11(12)8-17/h5-7,11-12H,1-4,8,10,17H2. The fourth-order valence-corrected chi connectivity index (χ4v) is 2.73. The van der Waals surface area contributed by atoms with Crippen molar-refractivity contribution in [1.82, 2.24) is 0 Å². The molecule has 2 unspecified atom stereocenters. The number of nitrogens with two attached hydrogens (primary N) is 1. The lowest BCUT2D eigenvalue weighted by molar-refractivity contribution is 0.153. The Labute approximate surface area is 113 Å². The Hall–Kier alpha value is -1.60. The van der Waals surface area contributed by atoms with Gasteiger partial charge in [-0.3, -0.25) is 0 Å². The second-order valence-electron chi connectivity index (χ2n) is 5.10. The molecule has 0 radical (unpaired) electrons. The summed E-state index contributed by atoms with van der Waals surface area (Å²) in [6.07, 6.45) is 4.71. The van der Waals surface area contributed by atoms with Gasteiger partial charge in [0.05, 0.1) is 12.2 Å². The van der Waals surface area contributed by atoms with Gasteiger partial charge < -0.3 is 10.5 Å². The first kappa shape index (κ1) is 13.8. The van der Waals surface area contributed by atoms with E-state index in [0.717, 1.165) is 12.8 Å². The molecule has 4 heteroatoms. The van der Waals surface area contributed by atoms with E-state index in [2.05, 4.69) is 0 Å². The molecule has 0 amide bonds. The van der Waals surface area contributed by atoms with Gasteiger partial charge in [-0.15, -0.1) is 0 Å². The third kappa shape index (κ3) is 3.45. The maximum absolute atomic E-state index is 13.0. The van der Waals surface area contributed by atoms with Gasteiger partial charge in [0.25, 0.3) is 0 Å². The summed E-state index contributed by atoms with van der Waals surface area (Å²) in [6.45, 7) is 1.24. The number of halogens is 1. The van der Waals surface area contributed by atoms with Crippen LogP contribution in [0.2, 0.25) is 0 Å². The molecule has 2 N–H and O–H groups in total. The van der Waals surface area contributed by atoms with Crippen LogP contribution in [0, 0.1) is 29.0 Å². The molecule has 0 aliphatic heterocycles. The van der Waals surface area contributed by atoms with Crippen molar-refractivity contribution in [2.45, 2.75) is 25.7 Å². The van der Waals surface area contributed by atoms with Crippen LogP contribution in [0.5, 0.6) is 5.75 Å². The first-order valence-electron chi connectivity index (χ1n) is 6.77. The van der Waals surface area contributed by atoms with Crippen LogP contribution in [0.15, 0.2) is 18.2 Å². The Morgan fingerprint density at radius 3 is 2.74 bits per heavy atom. The Morgan fingerprint density at radius 2 is 2.05 bits per heavy atom. The molecule has 1 aromatic carbocycles. The fraction of sp³-hybridized carbons (Fsp3) is 0.533. The SMILES string of the molecule is N#Cc1cc(F)ccc1OCC1CCCCC1CN. The smallest absolute Gasteiger partial charge is 0.137 e. The molecular formula is C15H19FN2O. The fourth-order valence-electron chi connectivity index (χ4n) is 2.73. The van der Waals surface area contributed by atoms with Crippen molar-refractivity contribution >= 4 is 0 Å². The molecule has 0 aromatic heterocycles. The number of benzene rings is 1. The van der Waals surface area contributed by atoms with E-state index >= 15 is 0 Å². The summed E-state index contributed by atoms with van der Waals surface area (Å²) in [5.74, 6) is 0.988. The molecular weight excluding hydrogens is 243 g/mol. The van der Waals surface area contributed by atoms with Gasteiger partial charge in [-0.05, 0) is 49.4 Å². The van der Waals surface area contributed by atoms with E-state index in [1.807, 2.05) is 6.07 Å². The van der Waals surface area contributed by atoms with Gasteiger partial charge >= 0.3 is 0 Å². The minimum atomic E-state index is -0.415. The topological polar surface area (TPSA) is 59.0 Å². The first-order valence-corrected chi connectivity index (χ1v) is 6.77. The molecule has 2 atom stereocenters. The number of rotatable bonds is 4. The summed E-state index contributed by atoms with van der Waals surface area (Å²) in [6, 6.07) is 6.00. The number of nitriles is 1. The van der Waals surface area contributed by atoms with Crippen LogP contribution in [0.25, 0.3) is 0 Å². The minimum Gasteiger partial charge on any atom is -0.492 e. The number of nitrogens with zero attached hydrogens (tertiary/aromatic N) is 1. The van der Waals surface area contributed by atoms with Gasteiger partial charge in [0.2, 0.25) is 0 Å². The van der Waals surface area contributed by atoms with Crippen LogP contribution >= 0.6 is 0 Å². The molecule has 1 fully saturated rings. The third-order valence-corrected chi connectivity index (χ3v) is 3.88. The molecule has 19 heavy (non-hydrogen) atoms. The Kier molecular flexibility index (Phi) is 4.75. The van der Waals surface area contributed by atoms with Crippen LogP contribution in [-0.4, -0.2) is 13.2 Å². The third-order valence-electron chi connectivity index (χ3n) is 3.88. The lowest BCUT2D eigenvalue weighted by Gasteiger charge is -2.30. The van der Waals surface area contributed by atoms with Crippen molar-refractivity contribution in [3.05, 3.63) is 29.6 Å². The summed E-state index contributed by atoms with van der Waals surface area (Å²) in [7, 11) is 0. The molecule has 1 aromatic rings. The molecule has 0 heterocycles. The van der Waals surface area contributed by atoms with Crippen molar-refractivity contribution < 1.29 is 9.13 Å². The van der Waals surface area contributed by atoms with Crippen LogP contribution < -0.4 is 10.5 Å². The average molecular weight is 262 g/mol. The van der Waals surface area contributed by atoms with Crippen LogP contribution in [-0.2, 0) is 0 Å². The van der Waals surface area contributed by atoms with Crippen molar-refractivity contribution in [3.63, 3.8) is 0 Å². The molecule has 1 aliphatic rings. The summed E-state index contributed by atoms with van der Waals surface area (Å²) < 4.78 is 18.7. The van der Waals surface area contributed by atoms with E-state index in [1.165, 1.54) is 31.0 Å². The first-order chi connectivity index (χ1) is 9.24. The van der Waals surface area contributed by atoms with Crippen molar-refractivity contribution in [1.29, 1.82) is 5.26 Å². The molecule has 0 saturated heterocycles. The average Bonchev–Trinajstić information content (AvgIpc) is 2.46. The molecule has 1 saturated carbocycles. The van der Waals surface area contributed by atoms with Gasteiger partial charge in [-0.2, -0.15) is 5.26 Å². The quantitative estimate of drug-likeness (QED) is 0.907. The maximum atomic E-state index is 13.0. The lowest BCUT2D eigenvalue weighted by atomic mass is 9.80. The van der Waals surface area contributed by atoms with Gasteiger partial charge in [-0.1, -0.05) is 12.8 Å². The van der Waals surface area contributed by atoms with Crippen molar-refractivity contribution in [3.8, 4) is 11.8 Å². The summed E-state index contributed by atoms with van der Waals surface area (Å²) in [5, 5.41) is 8.96. The van der Waals surface area contributed by atoms with Gasteiger partial charge in [-0.25, -0.2) is 4.39 Å². The number of hydrogen-bond acceptors (Lipinski definition) is 3. The van der Waals surface area contributed by atoms with E-state index in [0.29, 0.717) is 30.7 Å². The van der Waals surface area contributed by atoms with Crippen molar-refractivity contribution in [2.24, 2.45) is 17.6 Å². The summed E-state index contributed by atoms with van der Waals surface area (Å²) >= 11 is 0. The highest BCUT2D eigenvalue weighted by atomic mass is 19.1. The minimum absolute atomic E-state index is 0.250. The van der Waals surface area contributed by atoms with E-state index in [1.54, 1.807) is 0 Å². The normalized spacial score (nSPS) is 22.8. The highest BCUT2D eigenvalue weighted by Gasteiger charge is 2.24. The number of ether oxygens (including phenoxy) is 1. The van der Waals surface area contributed by atoms with Gasteiger partial charge in [0.1, 0.15) is 17.6 Å². The molecule has 102 valence electrons. The summed E-state index contributed by atoms with van der Waals surface area (Å²) in [4.78, 5) is 0. The highest BCUT2D eigenvalue weighted by molar-refractivity contribution is 5.43. The highest BCUT2D eigenvalue weighted by Crippen LogP contribution is 2.30. The molecule has 2 rings (SSSR count). The predicted octanol–water partition coefficient (Wildman–Crippen LogP) is 2.84. The second-order valence-corrected chi connectivity index (χ2v) is 5.10. The van der Waals surface area contributed by atoms with E-state index in [-0.39, 0.29) is 5.56 Å². The van der Waals surface area contributed by atoms with E-state index in [4.69, 9.17) is 15.7 Å². The molecule has 3 nitrogen and oxygen atoms in total. The molecule has 0 bridgehead atoms. The molecule has 1 aliphatic carbocycles. The van der Waals surface area contributed by atoms with Crippen LogP contribution in [0.4, 0.5) is 4.39 Å². The monoisotopic (exact) mass is 262 g/mol. The predicted molar refractivity (Wildman–Crippen MR) is 71.1 cm³/mol. The van der Waals surface area contributed by atoms with E-state index < -0.39 is 5.82 Å². The summed E-state index contributed by atoms with van der Waals surface area (Å²) in [5.41, 5.74) is 6.03. The Bertz CT molecular complexity index is 470. The largest absolute Gasteiger partial charge is 0.492 e. The van der Waals surface area contributed by atoms with Crippen LogP contribution in [0.1, 0.15) is 31.2 Å². The van der Waals surface area contributed by atoms with E-state index in [9.17, 15) is 4.39 Å². The van der Waals surface area contributed by atoms with Gasteiger partial charge in [0.15, 0.2) is 0 Å². The molecule has 0 spiro atoms. The zero-order valence-corrected chi connectivity index (χ0v) is 10.9. The Morgan fingerprint density at radius 1 is 1.32 bits per heavy atom.